The molecule has 2 rings (SSSR count). The quantitative estimate of drug-likeness (QED) is 0.797. The van der Waals surface area contributed by atoms with E-state index in [0.29, 0.717) is 30.6 Å². The minimum Gasteiger partial charge on any atom is -0.444 e. The molecule has 1 aromatic heterocycles. The first-order valence-electron chi connectivity index (χ1n) is 7.05. The van der Waals surface area contributed by atoms with Crippen LogP contribution in [0.1, 0.15) is 27.2 Å². The van der Waals surface area contributed by atoms with Crippen LogP contribution < -0.4 is 4.90 Å². The van der Waals surface area contributed by atoms with Crippen molar-refractivity contribution < 1.29 is 9.53 Å². The van der Waals surface area contributed by atoms with E-state index in [9.17, 15) is 4.79 Å². The highest BCUT2D eigenvalue weighted by atomic mass is 35.5. The van der Waals surface area contributed by atoms with E-state index in [1.54, 1.807) is 17.3 Å². The first kappa shape index (κ1) is 15.8. The van der Waals surface area contributed by atoms with Crippen LogP contribution in [0.5, 0.6) is 0 Å². The maximum atomic E-state index is 12.1. The number of aromatic nitrogens is 2. The molecule has 21 heavy (non-hydrogen) atoms. The number of ether oxygens (including phenoxy) is 1. The van der Waals surface area contributed by atoms with Crippen molar-refractivity contribution in [3.63, 3.8) is 0 Å². The summed E-state index contributed by atoms with van der Waals surface area (Å²) in [7, 11) is 0. The van der Waals surface area contributed by atoms with Crippen LogP contribution in [-0.2, 0) is 4.74 Å². The summed E-state index contributed by atoms with van der Waals surface area (Å²) in [6.07, 6.45) is 3.76. The van der Waals surface area contributed by atoms with E-state index < -0.39 is 5.60 Å². The third kappa shape index (κ3) is 4.74. The third-order valence-electron chi connectivity index (χ3n) is 3.04. The molecule has 1 fully saturated rings. The molecule has 0 radical (unpaired) electrons. The van der Waals surface area contributed by atoms with Crippen molar-refractivity contribution in [2.45, 2.75) is 32.8 Å². The van der Waals surface area contributed by atoms with Gasteiger partial charge in [0.2, 0.25) is 5.95 Å². The molecule has 0 saturated carbocycles. The number of amides is 1. The summed E-state index contributed by atoms with van der Waals surface area (Å²) in [5.41, 5.74) is -0.470. The van der Waals surface area contributed by atoms with Crippen molar-refractivity contribution >= 4 is 23.6 Å². The number of carbonyl (C=O) groups is 1. The van der Waals surface area contributed by atoms with E-state index in [0.717, 1.165) is 13.0 Å². The van der Waals surface area contributed by atoms with E-state index in [4.69, 9.17) is 16.3 Å². The predicted octanol–water partition coefficient (Wildman–Crippen LogP) is 2.58. The van der Waals surface area contributed by atoms with Crippen LogP contribution in [-0.4, -0.2) is 52.7 Å². The molecule has 0 atom stereocenters. The van der Waals surface area contributed by atoms with Crippen molar-refractivity contribution in [2.75, 3.05) is 31.1 Å². The Kier molecular flexibility index (Phi) is 4.88. The molecule has 1 aromatic rings. The zero-order valence-electron chi connectivity index (χ0n) is 12.7. The van der Waals surface area contributed by atoms with Gasteiger partial charge in [-0.2, -0.15) is 0 Å². The Balaban J connectivity index is 1.95. The number of hydrogen-bond donors (Lipinski definition) is 0. The lowest BCUT2D eigenvalue weighted by Gasteiger charge is -2.26. The summed E-state index contributed by atoms with van der Waals surface area (Å²) in [4.78, 5) is 24.3. The lowest BCUT2D eigenvalue weighted by molar-refractivity contribution is 0.0263. The van der Waals surface area contributed by atoms with Crippen LogP contribution >= 0.6 is 11.6 Å². The van der Waals surface area contributed by atoms with Gasteiger partial charge in [-0.05, 0) is 27.2 Å². The summed E-state index contributed by atoms with van der Waals surface area (Å²) >= 11 is 5.80. The van der Waals surface area contributed by atoms with Crippen LogP contribution in [0, 0.1) is 0 Å². The number of carbonyl (C=O) groups excluding carboxylic acids is 1. The van der Waals surface area contributed by atoms with Crippen LogP contribution in [0.3, 0.4) is 0 Å². The van der Waals surface area contributed by atoms with Gasteiger partial charge in [0.25, 0.3) is 0 Å². The fourth-order valence-electron chi connectivity index (χ4n) is 2.10. The van der Waals surface area contributed by atoms with Crippen molar-refractivity contribution in [1.82, 2.24) is 14.9 Å². The molecular formula is C14H21ClN4O2. The molecule has 0 bridgehead atoms. The van der Waals surface area contributed by atoms with Gasteiger partial charge in [-0.1, -0.05) is 11.6 Å². The minimum atomic E-state index is -0.470. The summed E-state index contributed by atoms with van der Waals surface area (Å²) in [6, 6.07) is 0. The van der Waals surface area contributed by atoms with Crippen LogP contribution in [0.15, 0.2) is 12.4 Å². The van der Waals surface area contributed by atoms with Gasteiger partial charge in [-0.25, -0.2) is 14.8 Å². The fraction of sp³-hybridized carbons (Fsp3) is 0.643. The highest BCUT2D eigenvalue weighted by Gasteiger charge is 2.25. The van der Waals surface area contributed by atoms with E-state index in [-0.39, 0.29) is 6.09 Å². The zero-order valence-corrected chi connectivity index (χ0v) is 13.4. The number of rotatable bonds is 1. The molecule has 6 nitrogen and oxygen atoms in total. The monoisotopic (exact) mass is 312 g/mol. The maximum absolute atomic E-state index is 12.1. The van der Waals surface area contributed by atoms with Crippen LogP contribution in [0.4, 0.5) is 10.7 Å². The Morgan fingerprint density at radius 2 is 1.86 bits per heavy atom. The highest BCUT2D eigenvalue weighted by Crippen LogP contribution is 2.15. The van der Waals surface area contributed by atoms with Crippen molar-refractivity contribution in [1.29, 1.82) is 0 Å². The molecule has 1 aliphatic rings. The molecule has 0 aliphatic carbocycles. The lowest BCUT2D eigenvalue weighted by atomic mass is 10.2. The second kappa shape index (κ2) is 6.47. The average molecular weight is 313 g/mol. The minimum absolute atomic E-state index is 0.263. The molecule has 1 amide bonds. The molecule has 116 valence electrons. The molecule has 1 saturated heterocycles. The molecule has 0 N–H and O–H groups in total. The van der Waals surface area contributed by atoms with Gasteiger partial charge in [0.15, 0.2) is 0 Å². The average Bonchev–Trinajstić information content (AvgIpc) is 2.63. The Bertz CT molecular complexity index is 487. The number of hydrogen-bond acceptors (Lipinski definition) is 5. The molecule has 1 aliphatic heterocycles. The van der Waals surface area contributed by atoms with Gasteiger partial charge in [-0.3, -0.25) is 0 Å². The Labute approximate surface area is 130 Å². The molecule has 0 unspecified atom stereocenters. The summed E-state index contributed by atoms with van der Waals surface area (Å²) < 4.78 is 5.41. The van der Waals surface area contributed by atoms with E-state index in [2.05, 4.69) is 14.9 Å². The summed E-state index contributed by atoms with van der Waals surface area (Å²) in [5, 5.41) is 0.518. The molecule has 7 heteroatoms. The first-order chi connectivity index (χ1) is 9.85. The van der Waals surface area contributed by atoms with Crippen LogP contribution in [0.25, 0.3) is 0 Å². The van der Waals surface area contributed by atoms with Crippen molar-refractivity contribution in [2.24, 2.45) is 0 Å². The highest BCUT2D eigenvalue weighted by molar-refractivity contribution is 6.30. The largest absolute Gasteiger partial charge is 0.444 e. The molecule has 0 aromatic carbocycles. The van der Waals surface area contributed by atoms with Gasteiger partial charge in [0.1, 0.15) is 5.60 Å². The number of anilines is 1. The number of halogens is 1. The molecule has 2 heterocycles. The topological polar surface area (TPSA) is 58.6 Å². The van der Waals surface area contributed by atoms with Crippen LogP contribution in [0.2, 0.25) is 5.02 Å². The smallest absolute Gasteiger partial charge is 0.410 e. The summed E-state index contributed by atoms with van der Waals surface area (Å²) in [6.45, 7) is 8.38. The van der Waals surface area contributed by atoms with E-state index in [1.165, 1.54) is 0 Å². The number of nitrogens with zero attached hydrogens (tertiary/aromatic N) is 4. The Hall–Kier alpha value is -1.56. The molecule has 0 spiro atoms. The van der Waals surface area contributed by atoms with Gasteiger partial charge in [0.05, 0.1) is 17.4 Å². The van der Waals surface area contributed by atoms with Gasteiger partial charge in [-0.15, -0.1) is 0 Å². The lowest BCUT2D eigenvalue weighted by Crippen LogP contribution is -2.39. The van der Waals surface area contributed by atoms with Gasteiger partial charge < -0.3 is 14.5 Å². The Morgan fingerprint density at radius 1 is 1.19 bits per heavy atom. The second-order valence-corrected chi connectivity index (χ2v) is 6.45. The van der Waals surface area contributed by atoms with Gasteiger partial charge >= 0.3 is 6.09 Å². The van der Waals surface area contributed by atoms with Gasteiger partial charge in [0, 0.05) is 26.2 Å². The maximum Gasteiger partial charge on any atom is 0.410 e. The van der Waals surface area contributed by atoms with E-state index >= 15 is 0 Å². The fourth-order valence-corrected chi connectivity index (χ4v) is 2.19. The Morgan fingerprint density at radius 3 is 2.48 bits per heavy atom. The normalized spacial score (nSPS) is 16.6. The SMILES string of the molecule is CC(C)(C)OC(=O)N1CCCN(c2ncc(Cl)cn2)CC1. The standard InChI is InChI=1S/C14H21ClN4O2/c1-14(2,3)21-13(20)19-6-4-5-18(7-8-19)12-16-9-11(15)10-17-12/h9-10H,4-8H2,1-3H3. The summed E-state index contributed by atoms with van der Waals surface area (Å²) in [5.74, 6) is 0.644. The van der Waals surface area contributed by atoms with E-state index in [1.807, 2.05) is 20.8 Å². The second-order valence-electron chi connectivity index (χ2n) is 6.01. The third-order valence-corrected chi connectivity index (χ3v) is 3.23. The predicted molar refractivity (Wildman–Crippen MR) is 81.7 cm³/mol. The van der Waals surface area contributed by atoms with Crippen molar-refractivity contribution in [3.05, 3.63) is 17.4 Å². The zero-order chi connectivity index (χ0) is 15.5. The first-order valence-corrected chi connectivity index (χ1v) is 7.43. The molecular weight excluding hydrogens is 292 g/mol. The van der Waals surface area contributed by atoms with Crippen molar-refractivity contribution in [3.8, 4) is 0 Å².